The summed E-state index contributed by atoms with van der Waals surface area (Å²) in [7, 11) is 0. The average molecular weight is 320 g/mol. The molecule has 1 heteroatoms. The van der Waals surface area contributed by atoms with E-state index in [1.807, 2.05) is 6.07 Å². The highest BCUT2D eigenvalue weighted by Crippen LogP contribution is 2.46. The molecule has 2 aliphatic carbocycles. The molecule has 2 atom stereocenters. The van der Waals surface area contributed by atoms with Gasteiger partial charge in [0.25, 0.3) is 0 Å². The minimum atomic E-state index is -0.610. The van der Waals surface area contributed by atoms with Gasteiger partial charge in [-0.2, -0.15) is 0 Å². The van der Waals surface area contributed by atoms with Gasteiger partial charge in [-0.15, -0.1) is 0 Å². The molecular weight excluding hydrogens is 292 g/mol. The van der Waals surface area contributed by atoms with Crippen LogP contribution in [0.1, 0.15) is 56.9 Å². The molecule has 1 N–H and O–H groups in total. The lowest BCUT2D eigenvalue weighted by molar-refractivity contribution is -0.0319. The Morgan fingerprint density at radius 2 is 1.33 bits per heavy atom. The van der Waals surface area contributed by atoms with Crippen molar-refractivity contribution in [3.05, 3.63) is 60.2 Å². The van der Waals surface area contributed by atoms with E-state index in [4.69, 9.17) is 0 Å². The Bertz CT molecular complexity index is 654. The van der Waals surface area contributed by atoms with Crippen LogP contribution in [-0.4, -0.2) is 5.11 Å². The van der Waals surface area contributed by atoms with E-state index in [0.29, 0.717) is 0 Å². The summed E-state index contributed by atoms with van der Waals surface area (Å²) in [6, 6.07) is 19.1. The fourth-order valence-corrected chi connectivity index (χ4v) is 4.99. The number of benzene rings is 2. The number of hydrogen-bond donors (Lipinski definition) is 1. The van der Waals surface area contributed by atoms with Crippen LogP contribution in [0.25, 0.3) is 11.1 Å². The third kappa shape index (κ3) is 3.15. The summed E-state index contributed by atoms with van der Waals surface area (Å²) in [5, 5.41) is 11.3. The first-order chi connectivity index (χ1) is 11.7. The van der Waals surface area contributed by atoms with Crippen molar-refractivity contribution in [3.63, 3.8) is 0 Å². The second-order valence-corrected chi connectivity index (χ2v) is 7.88. The quantitative estimate of drug-likeness (QED) is 0.744. The van der Waals surface area contributed by atoms with Gasteiger partial charge in [-0.25, -0.2) is 0 Å². The highest BCUT2D eigenvalue weighted by atomic mass is 16.3. The van der Waals surface area contributed by atoms with Crippen molar-refractivity contribution in [2.75, 3.05) is 0 Å². The lowest BCUT2D eigenvalue weighted by Crippen LogP contribution is -2.35. The van der Waals surface area contributed by atoms with E-state index >= 15 is 0 Å². The van der Waals surface area contributed by atoms with Crippen LogP contribution in [0, 0.1) is 11.8 Å². The normalized spacial score (nSPS) is 28.1. The summed E-state index contributed by atoms with van der Waals surface area (Å²) in [5.41, 5.74) is 2.97. The first-order valence-electron chi connectivity index (χ1n) is 9.63. The van der Waals surface area contributed by atoms with Crippen molar-refractivity contribution in [2.24, 2.45) is 11.8 Å². The molecule has 0 saturated heterocycles. The summed E-state index contributed by atoms with van der Waals surface area (Å²) in [5.74, 6) is 1.58. The van der Waals surface area contributed by atoms with Crippen molar-refractivity contribution in [3.8, 4) is 11.1 Å². The van der Waals surface area contributed by atoms with Crippen LogP contribution in [0.15, 0.2) is 54.6 Å². The average Bonchev–Trinajstić information content (AvgIpc) is 3.17. The van der Waals surface area contributed by atoms with Gasteiger partial charge in [0.15, 0.2) is 0 Å². The largest absolute Gasteiger partial charge is 0.385 e. The van der Waals surface area contributed by atoms with Crippen molar-refractivity contribution < 1.29 is 5.11 Å². The zero-order valence-electron chi connectivity index (χ0n) is 14.5. The Morgan fingerprint density at radius 3 is 2.04 bits per heavy atom. The molecule has 4 rings (SSSR count). The third-order valence-electron chi connectivity index (χ3n) is 6.36. The van der Waals surface area contributed by atoms with Gasteiger partial charge in [0.05, 0.1) is 5.60 Å². The maximum absolute atomic E-state index is 11.3. The van der Waals surface area contributed by atoms with E-state index in [1.165, 1.54) is 43.2 Å². The lowest BCUT2D eigenvalue weighted by Gasteiger charge is -2.39. The molecule has 2 aliphatic rings. The van der Waals surface area contributed by atoms with E-state index in [-0.39, 0.29) is 0 Å². The van der Waals surface area contributed by atoms with Crippen LogP contribution in [0.4, 0.5) is 0 Å². The second-order valence-electron chi connectivity index (χ2n) is 7.88. The summed E-state index contributed by atoms with van der Waals surface area (Å²) >= 11 is 0. The van der Waals surface area contributed by atoms with Crippen LogP contribution in [-0.2, 0) is 5.60 Å². The van der Waals surface area contributed by atoms with Crippen molar-refractivity contribution in [1.82, 2.24) is 0 Å². The molecule has 0 aromatic heterocycles. The van der Waals surface area contributed by atoms with E-state index in [2.05, 4.69) is 48.5 Å². The molecule has 2 aromatic carbocycles. The van der Waals surface area contributed by atoms with E-state index in [9.17, 15) is 5.11 Å². The molecule has 0 aliphatic heterocycles. The first kappa shape index (κ1) is 15.9. The molecule has 0 amide bonds. The molecule has 24 heavy (non-hydrogen) atoms. The minimum Gasteiger partial charge on any atom is -0.385 e. The second kappa shape index (κ2) is 6.72. The molecule has 0 heterocycles. The summed E-state index contributed by atoms with van der Waals surface area (Å²) in [6.07, 6.45) is 9.91. The summed E-state index contributed by atoms with van der Waals surface area (Å²) < 4.78 is 0. The van der Waals surface area contributed by atoms with Crippen molar-refractivity contribution >= 4 is 0 Å². The standard InChI is InChI=1S/C23H28O/c24-23(16-6-11-21(17-23)19-9-4-5-10-19)22-14-12-20(13-15-22)18-7-2-1-3-8-18/h1-3,7-8,12-15,19,21,24H,4-6,9-11,16-17H2. The molecule has 0 spiro atoms. The predicted octanol–water partition coefficient (Wildman–Crippen LogP) is 5.92. The van der Waals surface area contributed by atoms with E-state index < -0.39 is 5.60 Å². The predicted molar refractivity (Wildman–Crippen MR) is 99.7 cm³/mol. The van der Waals surface area contributed by atoms with Crippen LogP contribution in [0.5, 0.6) is 0 Å². The first-order valence-corrected chi connectivity index (χ1v) is 9.63. The van der Waals surface area contributed by atoms with Crippen LogP contribution in [0.3, 0.4) is 0 Å². The van der Waals surface area contributed by atoms with Gasteiger partial charge in [-0.3, -0.25) is 0 Å². The van der Waals surface area contributed by atoms with Crippen molar-refractivity contribution in [2.45, 2.75) is 57.0 Å². The van der Waals surface area contributed by atoms with Crippen LogP contribution < -0.4 is 0 Å². The SMILES string of the molecule is OC1(c2ccc(-c3ccccc3)cc2)CCCC(C2CCCC2)C1. The number of rotatable bonds is 3. The molecular formula is C23H28O. The van der Waals surface area contributed by atoms with Gasteiger partial charge < -0.3 is 5.11 Å². The fraction of sp³-hybridized carbons (Fsp3) is 0.478. The molecule has 126 valence electrons. The van der Waals surface area contributed by atoms with Gasteiger partial charge in [0, 0.05) is 0 Å². The Labute approximate surface area is 145 Å². The highest BCUT2D eigenvalue weighted by molar-refractivity contribution is 5.63. The molecule has 2 fully saturated rings. The summed E-state index contributed by atoms with van der Waals surface area (Å²) in [4.78, 5) is 0. The molecule has 1 nitrogen and oxygen atoms in total. The van der Waals surface area contributed by atoms with Crippen LogP contribution in [0.2, 0.25) is 0 Å². The third-order valence-corrected chi connectivity index (χ3v) is 6.36. The fourth-order valence-electron chi connectivity index (χ4n) is 4.99. The smallest absolute Gasteiger partial charge is 0.0899 e. The van der Waals surface area contributed by atoms with Crippen LogP contribution >= 0.6 is 0 Å². The Hall–Kier alpha value is -1.60. The van der Waals surface area contributed by atoms with Gasteiger partial charge in [-0.05, 0) is 54.2 Å². The summed E-state index contributed by atoms with van der Waals surface area (Å²) in [6.45, 7) is 0. The lowest BCUT2D eigenvalue weighted by atomic mass is 9.69. The monoisotopic (exact) mass is 320 g/mol. The van der Waals surface area contributed by atoms with Gasteiger partial charge in [-0.1, -0.05) is 80.3 Å². The van der Waals surface area contributed by atoms with Gasteiger partial charge >= 0.3 is 0 Å². The minimum absolute atomic E-state index is 0.610. The van der Waals surface area contributed by atoms with Gasteiger partial charge in [0.1, 0.15) is 0 Å². The highest BCUT2D eigenvalue weighted by Gasteiger charge is 2.39. The Balaban J connectivity index is 1.53. The molecule has 0 bridgehead atoms. The van der Waals surface area contributed by atoms with E-state index in [0.717, 1.165) is 36.7 Å². The zero-order valence-corrected chi connectivity index (χ0v) is 14.5. The molecule has 2 unspecified atom stereocenters. The number of hydrogen-bond acceptors (Lipinski definition) is 1. The van der Waals surface area contributed by atoms with Crippen molar-refractivity contribution in [1.29, 1.82) is 0 Å². The Kier molecular flexibility index (Phi) is 4.45. The van der Waals surface area contributed by atoms with Gasteiger partial charge in [0.2, 0.25) is 0 Å². The number of aliphatic hydroxyl groups is 1. The molecule has 2 aromatic rings. The molecule has 2 saturated carbocycles. The Morgan fingerprint density at radius 1 is 0.708 bits per heavy atom. The topological polar surface area (TPSA) is 20.2 Å². The zero-order chi connectivity index (χ0) is 16.4. The molecule has 0 radical (unpaired) electrons. The van der Waals surface area contributed by atoms with E-state index in [1.54, 1.807) is 0 Å². The maximum atomic E-state index is 11.3. The maximum Gasteiger partial charge on any atom is 0.0899 e.